The predicted octanol–water partition coefficient (Wildman–Crippen LogP) is 7.26. The van der Waals surface area contributed by atoms with Crippen molar-refractivity contribution < 1.29 is 14.3 Å². The second-order valence-corrected chi connectivity index (χ2v) is 12.6. The highest BCUT2D eigenvalue weighted by molar-refractivity contribution is 5.75. The number of carbonyl (C=O) groups is 1. The maximum absolute atomic E-state index is 12.1. The van der Waals surface area contributed by atoms with Crippen molar-refractivity contribution >= 4 is 5.91 Å². The van der Waals surface area contributed by atoms with Crippen molar-refractivity contribution in [3.05, 3.63) is 0 Å². The van der Waals surface area contributed by atoms with E-state index in [0.717, 1.165) is 51.9 Å². The maximum Gasteiger partial charge on any atom is 0.220 e. The summed E-state index contributed by atoms with van der Waals surface area (Å²) >= 11 is 0. The lowest BCUT2D eigenvalue weighted by molar-refractivity contribution is -0.121. The Kier molecular flexibility index (Phi) is 16.6. The Labute approximate surface area is 201 Å². The van der Waals surface area contributed by atoms with Crippen LogP contribution in [0.5, 0.6) is 0 Å². The molecule has 0 fully saturated rings. The Balaban J connectivity index is 4.36. The first kappa shape index (κ1) is 31.4. The summed E-state index contributed by atoms with van der Waals surface area (Å²) < 4.78 is 12.1. The van der Waals surface area contributed by atoms with Gasteiger partial charge in [0.1, 0.15) is 0 Å². The zero-order chi connectivity index (χ0) is 24.6. The Morgan fingerprint density at radius 1 is 0.812 bits per heavy atom. The Morgan fingerprint density at radius 3 is 1.69 bits per heavy atom. The monoisotopic (exact) mass is 455 g/mol. The summed E-state index contributed by atoms with van der Waals surface area (Å²) in [5.41, 5.74) is 0.732. The molecule has 0 spiro atoms. The quantitative estimate of drug-likeness (QED) is 0.221. The van der Waals surface area contributed by atoms with E-state index >= 15 is 0 Å². The van der Waals surface area contributed by atoms with Crippen molar-refractivity contribution in [2.24, 2.45) is 28.6 Å². The van der Waals surface area contributed by atoms with Crippen LogP contribution in [-0.4, -0.2) is 38.9 Å². The van der Waals surface area contributed by atoms with Gasteiger partial charge in [-0.1, -0.05) is 68.7 Å². The first-order valence-corrected chi connectivity index (χ1v) is 13.2. The minimum absolute atomic E-state index is 0.154. The van der Waals surface area contributed by atoms with Gasteiger partial charge in [0.05, 0.1) is 13.2 Å². The minimum atomic E-state index is 0.154. The van der Waals surface area contributed by atoms with Crippen LogP contribution < -0.4 is 5.32 Å². The van der Waals surface area contributed by atoms with E-state index in [0.29, 0.717) is 42.3 Å². The molecule has 0 aliphatic carbocycles. The molecule has 2 unspecified atom stereocenters. The molecule has 0 aromatic rings. The third-order valence-electron chi connectivity index (χ3n) is 5.77. The van der Waals surface area contributed by atoms with Crippen LogP contribution in [0.3, 0.4) is 0 Å². The number of unbranched alkanes of at least 4 members (excludes halogenated alkanes) is 1. The first-order chi connectivity index (χ1) is 14.8. The molecule has 0 bridgehead atoms. The molecule has 4 heteroatoms. The van der Waals surface area contributed by atoms with Gasteiger partial charge in [0.15, 0.2) is 0 Å². The summed E-state index contributed by atoms with van der Waals surface area (Å²) in [6.07, 6.45) is 8.14. The third-order valence-corrected chi connectivity index (χ3v) is 5.77. The summed E-state index contributed by atoms with van der Waals surface area (Å²) in [7, 11) is 0. The van der Waals surface area contributed by atoms with E-state index in [9.17, 15) is 4.79 Å². The molecule has 0 aromatic carbocycles. The van der Waals surface area contributed by atoms with E-state index in [1.165, 1.54) is 12.8 Å². The van der Waals surface area contributed by atoms with Gasteiger partial charge in [-0.15, -0.1) is 0 Å². The SMILES string of the molecule is CCCCNC(=O)CCC(COCCC(C)CC(C)(C)C)COCCC(C)CC(C)(C)C. The average molecular weight is 456 g/mol. The van der Waals surface area contributed by atoms with Crippen molar-refractivity contribution in [3.63, 3.8) is 0 Å². The molecule has 0 rings (SSSR count). The van der Waals surface area contributed by atoms with Crippen molar-refractivity contribution in [2.45, 2.75) is 114 Å². The summed E-state index contributed by atoms with van der Waals surface area (Å²) in [5.74, 6) is 1.76. The van der Waals surface area contributed by atoms with E-state index in [1.54, 1.807) is 0 Å². The predicted molar refractivity (Wildman–Crippen MR) is 138 cm³/mol. The van der Waals surface area contributed by atoms with Crippen molar-refractivity contribution in [2.75, 3.05) is 33.0 Å². The molecule has 192 valence electrons. The molecule has 0 radical (unpaired) electrons. The number of rotatable bonds is 18. The van der Waals surface area contributed by atoms with Gasteiger partial charge in [-0.05, 0) is 61.2 Å². The molecule has 4 nitrogen and oxygen atoms in total. The lowest BCUT2D eigenvalue weighted by Gasteiger charge is -2.24. The summed E-state index contributed by atoms with van der Waals surface area (Å²) in [4.78, 5) is 12.1. The van der Waals surface area contributed by atoms with Gasteiger partial charge in [0, 0.05) is 32.1 Å². The second kappa shape index (κ2) is 16.9. The van der Waals surface area contributed by atoms with Gasteiger partial charge < -0.3 is 14.8 Å². The Hall–Kier alpha value is -0.610. The number of hydrogen-bond donors (Lipinski definition) is 1. The number of nitrogens with one attached hydrogen (secondary N) is 1. The Bertz CT molecular complexity index is 434. The van der Waals surface area contributed by atoms with E-state index in [4.69, 9.17) is 9.47 Å². The second-order valence-electron chi connectivity index (χ2n) is 12.6. The van der Waals surface area contributed by atoms with Crippen molar-refractivity contribution in [3.8, 4) is 0 Å². The van der Waals surface area contributed by atoms with Crippen molar-refractivity contribution in [1.82, 2.24) is 5.32 Å². The largest absolute Gasteiger partial charge is 0.381 e. The molecule has 2 atom stereocenters. The average Bonchev–Trinajstić information content (AvgIpc) is 2.63. The van der Waals surface area contributed by atoms with Gasteiger partial charge in [0.2, 0.25) is 5.91 Å². The number of ether oxygens (including phenoxy) is 2. The van der Waals surface area contributed by atoms with Crippen LogP contribution in [0.1, 0.15) is 114 Å². The molecule has 1 amide bonds. The molecule has 0 saturated heterocycles. The van der Waals surface area contributed by atoms with Crippen LogP contribution in [0, 0.1) is 28.6 Å². The zero-order valence-electron chi connectivity index (χ0n) is 23.1. The minimum Gasteiger partial charge on any atom is -0.381 e. The molecular formula is C28H57NO3. The van der Waals surface area contributed by atoms with Crippen LogP contribution in [0.15, 0.2) is 0 Å². The summed E-state index contributed by atoms with van der Waals surface area (Å²) in [6, 6.07) is 0. The maximum atomic E-state index is 12.1. The molecule has 0 aromatic heterocycles. The smallest absolute Gasteiger partial charge is 0.220 e. The summed E-state index contributed by atoms with van der Waals surface area (Å²) in [5, 5.41) is 3.03. The van der Waals surface area contributed by atoms with Crippen molar-refractivity contribution in [1.29, 1.82) is 0 Å². The van der Waals surface area contributed by atoms with Crippen LogP contribution in [0.25, 0.3) is 0 Å². The van der Waals surface area contributed by atoms with Gasteiger partial charge >= 0.3 is 0 Å². The molecule has 32 heavy (non-hydrogen) atoms. The molecular weight excluding hydrogens is 398 g/mol. The highest BCUT2D eigenvalue weighted by Gasteiger charge is 2.17. The molecule has 0 heterocycles. The van der Waals surface area contributed by atoms with Gasteiger partial charge in [-0.3, -0.25) is 4.79 Å². The van der Waals surface area contributed by atoms with E-state index in [-0.39, 0.29) is 11.8 Å². The highest BCUT2D eigenvalue weighted by Crippen LogP contribution is 2.27. The van der Waals surface area contributed by atoms with E-state index in [2.05, 4.69) is 67.6 Å². The summed E-state index contributed by atoms with van der Waals surface area (Å²) in [6.45, 7) is 24.3. The molecule has 0 saturated carbocycles. The Morgan fingerprint density at radius 2 is 1.28 bits per heavy atom. The normalized spacial score (nSPS) is 15.4. The molecule has 1 N–H and O–H groups in total. The number of amides is 1. The zero-order valence-corrected chi connectivity index (χ0v) is 23.1. The number of carbonyl (C=O) groups excluding carboxylic acids is 1. The highest BCUT2D eigenvalue weighted by atomic mass is 16.5. The standard InChI is InChI=1S/C28H57NO3/c1-10-11-16-29-26(30)13-12-25(21-31-17-14-23(2)19-27(4,5)6)22-32-18-15-24(3)20-28(7,8)9/h23-25H,10-22H2,1-9H3,(H,29,30). The topological polar surface area (TPSA) is 47.6 Å². The van der Waals surface area contributed by atoms with Crippen LogP contribution in [0.4, 0.5) is 0 Å². The third kappa shape index (κ3) is 21.2. The fourth-order valence-corrected chi connectivity index (χ4v) is 4.41. The van der Waals surface area contributed by atoms with Gasteiger partial charge in [-0.25, -0.2) is 0 Å². The van der Waals surface area contributed by atoms with Gasteiger partial charge in [-0.2, -0.15) is 0 Å². The van der Waals surface area contributed by atoms with Crippen LogP contribution >= 0.6 is 0 Å². The molecule has 0 aliphatic rings. The first-order valence-electron chi connectivity index (χ1n) is 13.2. The fourth-order valence-electron chi connectivity index (χ4n) is 4.41. The number of hydrogen-bond acceptors (Lipinski definition) is 3. The molecule has 0 aliphatic heterocycles. The van der Waals surface area contributed by atoms with Gasteiger partial charge in [0.25, 0.3) is 0 Å². The van der Waals surface area contributed by atoms with E-state index < -0.39 is 0 Å². The van der Waals surface area contributed by atoms with Crippen LogP contribution in [-0.2, 0) is 14.3 Å². The lowest BCUT2D eigenvalue weighted by Crippen LogP contribution is -2.26. The lowest BCUT2D eigenvalue weighted by atomic mass is 9.84. The van der Waals surface area contributed by atoms with E-state index in [1.807, 2.05) is 0 Å². The fraction of sp³-hybridized carbons (Fsp3) is 0.964. The van der Waals surface area contributed by atoms with Crippen LogP contribution in [0.2, 0.25) is 0 Å².